The minimum atomic E-state index is -3.63. The van der Waals surface area contributed by atoms with Crippen LogP contribution >= 0.6 is 0 Å². The number of hydrogen-bond acceptors (Lipinski definition) is 4. The molecule has 3 aromatic rings. The Morgan fingerprint density at radius 2 is 1.52 bits per heavy atom. The Hall–Kier alpha value is -2.77. The molecule has 0 spiro atoms. The molecule has 2 aromatic carbocycles. The number of fused-ring (bicyclic) bond motifs is 1. The second kappa shape index (κ2) is 8.05. The summed E-state index contributed by atoms with van der Waals surface area (Å²) >= 11 is 0. The zero-order chi connectivity index (χ0) is 22.3. The zero-order valence-corrected chi connectivity index (χ0v) is 19.2. The SMILES string of the molecule is Cc1cc(C)c(C)c(S(=O)(=O)N2CCN(C(=O)c3cccc4cccnc34)CC2)c1C. The standard InChI is InChI=1S/C24H27N3O3S/c1-16-15-17(2)19(4)23(18(16)3)31(29,30)27-13-11-26(12-14-27)24(28)21-9-5-7-20-8-6-10-25-22(20)21/h5-10,15H,11-14H2,1-4H3. The highest BCUT2D eigenvalue weighted by molar-refractivity contribution is 7.89. The summed E-state index contributed by atoms with van der Waals surface area (Å²) in [5.74, 6) is -0.111. The summed E-state index contributed by atoms with van der Waals surface area (Å²) < 4.78 is 28.4. The number of rotatable bonds is 3. The molecule has 1 aromatic heterocycles. The number of benzene rings is 2. The summed E-state index contributed by atoms with van der Waals surface area (Å²) in [4.78, 5) is 19.7. The van der Waals surface area contributed by atoms with Crippen LogP contribution in [-0.4, -0.2) is 54.7 Å². The van der Waals surface area contributed by atoms with Gasteiger partial charge in [-0.25, -0.2) is 8.42 Å². The molecule has 7 heteroatoms. The van der Waals surface area contributed by atoms with Gasteiger partial charge in [0.25, 0.3) is 5.91 Å². The molecule has 4 rings (SSSR count). The average Bonchev–Trinajstić information content (AvgIpc) is 2.77. The van der Waals surface area contributed by atoms with Crippen LogP contribution in [0, 0.1) is 27.7 Å². The molecule has 1 amide bonds. The lowest BCUT2D eigenvalue weighted by atomic mass is 10.0. The van der Waals surface area contributed by atoms with Crippen molar-refractivity contribution in [3.63, 3.8) is 0 Å². The number of piperazine rings is 1. The largest absolute Gasteiger partial charge is 0.336 e. The Morgan fingerprint density at radius 1 is 0.903 bits per heavy atom. The van der Waals surface area contributed by atoms with Gasteiger partial charge in [0.1, 0.15) is 0 Å². The average molecular weight is 438 g/mol. The second-order valence-electron chi connectivity index (χ2n) is 8.17. The molecule has 0 saturated carbocycles. The number of carbonyl (C=O) groups is 1. The third-order valence-corrected chi connectivity index (χ3v) is 8.46. The quantitative estimate of drug-likeness (QED) is 0.628. The van der Waals surface area contributed by atoms with Crippen LogP contribution in [0.2, 0.25) is 0 Å². The molecule has 0 atom stereocenters. The molecule has 31 heavy (non-hydrogen) atoms. The molecule has 0 unspecified atom stereocenters. The molecular weight excluding hydrogens is 410 g/mol. The maximum Gasteiger partial charge on any atom is 0.256 e. The molecule has 0 aliphatic carbocycles. The van der Waals surface area contributed by atoms with Gasteiger partial charge < -0.3 is 4.90 Å². The van der Waals surface area contributed by atoms with E-state index in [0.29, 0.717) is 29.1 Å². The van der Waals surface area contributed by atoms with Crippen molar-refractivity contribution in [1.29, 1.82) is 0 Å². The third kappa shape index (κ3) is 3.72. The molecule has 0 radical (unpaired) electrons. The Bertz CT molecular complexity index is 1250. The van der Waals surface area contributed by atoms with Crippen LogP contribution in [0.5, 0.6) is 0 Å². The molecule has 1 fully saturated rings. The van der Waals surface area contributed by atoms with E-state index in [9.17, 15) is 13.2 Å². The first-order chi connectivity index (χ1) is 14.7. The third-order valence-electron chi connectivity index (χ3n) is 6.28. The van der Waals surface area contributed by atoms with E-state index in [2.05, 4.69) is 4.98 Å². The molecule has 1 aliphatic heterocycles. The van der Waals surface area contributed by atoms with Gasteiger partial charge in [-0.15, -0.1) is 0 Å². The summed E-state index contributed by atoms with van der Waals surface area (Å²) in [7, 11) is -3.63. The number of hydrogen-bond donors (Lipinski definition) is 0. The van der Waals surface area contributed by atoms with Gasteiger partial charge in [-0.05, 0) is 62.1 Å². The number of sulfonamides is 1. The Morgan fingerprint density at radius 3 is 2.16 bits per heavy atom. The lowest BCUT2D eigenvalue weighted by molar-refractivity contribution is 0.0699. The van der Waals surface area contributed by atoms with Gasteiger partial charge in [-0.2, -0.15) is 4.31 Å². The lowest BCUT2D eigenvalue weighted by Gasteiger charge is -2.35. The van der Waals surface area contributed by atoms with Crippen LogP contribution in [-0.2, 0) is 10.0 Å². The van der Waals surface area contributed by atoms with E-state index in [1.54, 1.807) is 17.2 Å². The molecule has 0 bridgehead atoms. The molecule has 1 saturated heterocycles. The number of para-hydroxylation sites is 1. The normalized spacial score (nSPS) is 15.4. The predicted molar refractivity (Wildman–Crippen MR) is 122 cm³/mol. The number of aromatic nitrogens is 1. The van der Waals surface area contributed by atoms with Gasteiger partial charge in [0, 0.05) is 37.8 Å². The van der Waals surface area contributed by atoms with E-state index in [1.165, 1.54) is 4.31 Å². The van der Waals surface area contributed by atoms with Crippen LogP contribution in [0.15, 0.2) is 47.5 Å². The highest BCUT2D eigenvalue weighted by Crippen LogP contribution is 2.29. The first-order valence-electron chi connectivity index (χ1n) is 10.4. The van der Waals surface area contributed by atoms with Crippen LogP contribution in [0.4, 0.5) is 0 Å². The van der Waals surface area contributed by atoms with Crippen LogP contribution in [0.3, 0.4) is 0 Å². The van der Waals surface area contributed by atoms with E-state index in [4.69, 9.17) is 0 Å². The van der Waals surface area contributed by atoms with Crippen molar-refractivity contribution in [3.05, 3.63) is 70.4 Å². The minimum Gasteiger partial charge on any atom is -0.336 e. The number of aryl methyl sites for hydroxylation is 2. The van der Waals surface area contributed by atoms with Gasteiger partial charge in [-0.1, -0.05) is 24.3 Å². The molecule has 6 nitrogen and oxygen atoms in total. The lowest BCUT2D eigenvalue weighted by Crippen LogP contribution is -2.50. The van der Waals surface area contributed by atoms with Crippen molar-refractivity contribution in [2.24, 2.45) is 0 Å². The fourth-order valence-electron chi connectivity index (χ4n) is 4.28. The van der Waals surface area contributed by atoms with E-state index in [0.717, 1.165) is 27.6 Å². The Kier molecular flexibility index (Phi) is 5.58. The molecule has 2 heterocycles. The monoisotopic (exact) mass is 437 g/mol. The summed E-state index contributed by atoms with van der Waals surface area (Å²) in [6.07, 6.45) is 1.68. The van der Waals surface area contributed by atoms with E-state index in [1.807, 2.05) is 58.0 Å². The summed E-state index contributed by atoms with van der Waals surface area (Å²) in [5.41, 5.74) is 4.76. The van der Waals surface area contributed by atoms with Crippen molar-refractivity contribution in [2.45, 2.75) is 32.6 Å². The topological polar surface area (TPSA) is 70.6 Å². The number of pyridine rings is 1. The molecule has 0 N–H and O–H groups in total. The maximum atomic E-state index is 13.5. The maximum absolute atomic E-state index is 13.5. The zero-order valence-electron chi connectivity index (χ0n) is 18.3. The predicted octanol–water partition coefficient (Wildman–Crippen LogP) is 3.62. The van der Waals surface area contributed by atoms with Crippen molar-refractivity contribution in [3.8, 4) is 0 Å². The van der Waals surface area contributed by atoms with Crippen LogP contribution in [0.1, 0.15) is 32.6 Å². The highest BCUT2D eigenvalue weighted by atomic mass is 32.2. The first kappa shape index (κ1) is 21.5. The van der Waals surface area contributed by atoms with Crippen molar-refractivity contribution in [1.82, 2.24) is 14.2 Å². The van der Waals surface area contributed by atoms with Gasteiger partial charge in [0.15, 0.2) is 0 Å². The smallest absolute Gasteiger partial charge is 0.256 e. The number of nitrogens with zero attached hydrogens (tertiary/aromatic N) is 3. The fraction of sp³-hybridized carbons (Fsp3) is 0.333. The Labute approximate surface area is 183 Å². The molecule has 162 valence electrons. The Balaban J connectivity index is 1.57. The van der Waals surface area contributed by atoms with Crippen LogP contribution in [0.25, 0.3) is 10.9 Å². The van der Waals surface area contributed by atoms with E-state index < -0.39 is 10.0 Å². The molecular formula is C24H27N3O3S. The summed E-state index contributed by atoms with van der Waals surface area (Å²) in [6, 6.07) is 11.4. The summed E-state index contributed by atoms with van der Waals surface area (Å²) in [5, 5.41) is 0.912. The van der Waals surface area contributed by atoms with Gasteiger partial charge in [0.2, 0.25) is 10.0 Å². The van der Waals surface area contributed by atoms with Gasteiger partial charge >= 0.3 is 0 Å². The van der Waals surface area contributed by atoms with Crippen molar-refractivity contribution in [2.75, 3.05) is 26.2 Å². The first-order valence-corrected chi connectivity index (χ1v) is 11.9. The van der Waals surface area contributed by atoms with Gasteiger partial charge in [-0.3, -0.25) is 9.78 Å². The minimum absolute atomic E-state index is 0.111. The number of amides is 1. The van der Waals surface area contributed by atoms with Crippen LogP contribution < -0.4 is 0 Å². The summed E-state index contributed by atoms with van der Waals surface area (Å²) in [6.45, 7) is 8.86. The molecule has 1 aliphatic rings. The van der Waals surface area contributed by atoms with Crippen molar-refractivity contribution >= 4 is 26.8 Å². The van der Waals surface area contributed by atoms with Gasteiger partial charge in [0.05, 0.1) is 16.0 Å². The van der Waals surface area contributed by atoms with E-state index in [-0.39, 0.29) is 19.0 Å². The second-order valence-corrected chi connectivity index (χ2v) is 10.0. The number of carbonyl (C=O) groups excluding carboxylic acids is 1. The van der Waals surface area contributed by atoms with E-state index >= 15 is 0 Å². The van der Waals surface area contributed by atoms with Crippen molar-refractivity contribution < 1.29 is 13.2 Å². The highest BCUT2D eigenvalue weighted by Gasteiger charge is 2.33. The fourth-order valence-corrected chi connectivity index (χ4v) is 6.27.